The Bertz CT molecular complexity index is 339. The smallest absolute Gasteiger partial charge is 0.129 e. The first-order chi connectivity index (χ1) is 8.19. The first-order valence-electron chi connectivity index (χ1n) is 5.54. The molecule has 1 rings (SSSR count). The Morgan fingerprint density at radius 3 is 2.29 bits per heavy atom. The fourth-order valence-electron chi connectivity index (χ4n) is 1.60. The van der Waals surface area contributed by atoms with Gasteiger partial charge in [0.15, 0.2) is 0 Å². The van der Waals surface area contributed by atoms with Gasteiger partial charge in [-0.3, -0.25) is 0 Å². The van der Waals surface area contributed by atoms with Crippen LogP contribution in [0.2, 0.25) is 5.15 Å². The average Bonchev–Trinajstić information content (AvgIpc) is 2.30. The lowest BCUT2D eigenvalue weighted by atomic mass is 10.2. The van der Waals surface area contributed by atoms with Crippen molar-refractivity contribution >= 4 is 17.3 Å². The van der Waals surface area contributed by atoms with Crippen molar-refractivity contribution in [3.63, 3.8) is 0 Å². The summed E-state index contributed by atoms with van der Waals surface area (Å²) in [6.45, 7) is 4.99. The van der Waals surface area contributed by atoms with Gasteiger partial charge in [-0.2, -0.15) is 0 Å². The number of rotatable bonds is 7. The summed E-state index contributed by atoms with van der Waals surface area (Å²) in [5, 5.41) is 0.518. The molecule has 0 unspecified atom stereocenters. The van der Waals surface area contributed by atoms with E-state index in [1.807, 2.05) is 13.0 Å². The zero-order valence-electron chi connectivity index (χ0n) is 10.6. The predicted molar refractivity (Wildman–Crippen MR) is 69.9 cm³/mol. The van der Waals surface area contributed by atoms with Gasteiger partial charge in [-0.1, -0.05) is 11.6 Å². The van der Waals surface area contributed by atoms with Gasteiger partial charge in [0, 0.05) is 27.3 Å². The summed E-state index contributed by atoms with van der Waals surface area (Å²) in [7, 11) is 3.39. The topological polar surface area (TPSA) is 34.6 Å². The van der Waals surface area contributed by atoms with Gasteiger partial charge >= 0.3 is 0 Å². The van der Waals surface area contributed by atoms with Crippen LogP contribution in [0, 0.1) is 6.92 Å². The molecule has 0 radical (unpaired) electrons. The Morgan fingerprint density at radius 1 is 1.24 bits per heavy atom. The predicted octanol–water partition coefficient (Wildman–Crippen LogP) is 2.14. The molecular formula is C12H19ClN2O2. The van der Waals surface area contributed by atoms with E-state index in [4.69, 9.17) is 21.1 Å². The lowest BCUT2D eigenvalue weighted by Gasteiger charge is -2.25. The largest absolute Gasteiger partial charge is 0.383 e. The third-order valence-corrected chi connectivity index (χ3v) is 2.73. The second-order valence-electron chi connectivity index (χ2n) is 3.77. The van der Waals surface area contributed by atoms with Gasteiger partial charge < -0.3 is 14.4 Å². The van der Waals surface area contributed by atoms with E-state index in [2.05, 4.69) is 9.88 Å². The molecule has 5 heteroatoms. The zero-order chi connectivity index (χ0) is 12.7. The molecule has 96 valence electrons. The van der Waals surface area contributed by atoms with Crippen molar-refractivity contribution in [2.45, 2.75) is 6.92 Å². The van der Waals surface area contributed by atoms with Crippen LogP contribution in [0.3, 0.4) is 0 Å². The van der Waals surface area contributed by atoms with Crippen LogP contribution in [0.1, 0.15) is 5.56 Å². The molecule has 4 nitrogen and oxygen atoms in total. The molecule has 0 saturated carbocycles. The summed E-state index contributed by atoms with van der Waals surface area (Å²) < 4.78 is 10.2. The number of aryl methyl sites for hydroxylation is 1. The van der Waals surface area contributed by atoms with E-state index in [0.717, 1.165) is 24.3 Å². The monoisotopic (exact) mass is 258 g/mol. The zero-order valence-corrected chi connectivity index (χ0v) is 11.3. The van der Waals surface area contributed by atoms with E-state index in [9.17, 15) is 0 Å². The Hall–Kier alpha value is -0.840. The molecule has 0 atom stereocenters. The van der Waals surface area contributed by atoms with Gasteiger partial charge in [0.2, 0.25) is 0 Å². The quantitative estimate of drug-likeness (QED) is 0.702. The normalized spacial score (nSPS) is 10.6. The second kappa shape index (κ2) is 7.48. The molecular weight excluding hydrogens is 240 g/mol. The van der Waals surface area contributed by atoms with Crippen molar-refractivity contribution < 1.29 is 9.47 Å². The summed E-state index contributed by atoms with van der Waals surface area (Å²) in [6.07, 6.45) is 1.79. The molecule has 0 saturated heterocycles. The van der Waals surface area contributed by atoms with Crippen molar-refractivity contribution in [1.82, 2.24) is 4.98 Å². The first-order valence-corrected chi connectivity index (χ1v) is 5.91. The number of hydrogen-bond acceptors (Lipinski definition) is 4. The fraction of sp³-hybridized carbons (Fsp3) is 0.583. The molecule has 17 heavy (non-hydrogen) atoms. The van der Waals surface area contributed by atoms with Crippen LogP contribution in [0.5, 0.6) is 0 Å². The second-order valence-corrected chi connectivity index (χ2v) is 4.15. The van der Waals surface area contributed by atoms with E-state index >= 15 is 0 Å². The van der Waals surface area contributed by atoms with E-state index < -0.39 is 0 Å². The summed E-state index contributed by atoms with van der Waals surface area (Å²) in [6, 6.07) is 1.86. The number of methoxy groups -OCH3 is 2. The van der Waals surface area contributed by atoms with Crippen molar-refractivity contribution in [2.24, 2.45) is 0 Å². The molecule has 0 spiro atoms. The highest BCUT2D eigenvalue weighted by atomic mass is 35.5. The van der Waals surface area contributed by atoms with Crippen LogP contribution in [-0.4, -0.2) is 45.5 Å². The highest BCUT2D eigenvalue weighted by molar-refractivity contribution is 6.29. The molecule has 0 N–H and O–H groups in total. The Balaban J connectivity index is 2.79. The Labute approximate surface area is 107 Å². The summed E-state index contributed by atoms with van der Waals surface area (Å²) in [5.41, 5.74) is 2.18. The molecule has 0 aliphatic heterocycles. The Kier molecular flexibility index (Phi) is 6.26. The van der Waals surface area contributed by atoms with Crippen molar-refractivity contribution in [2.75, 3.05) is 45.4 Å². The van der Waals surface area contributed by atoms with E-state index in [1.165, 1.54) is 0 Å². The van der Waals surface area contributed by atoms with E-state index in [1.54, 1.807) is 20.4 Å². The van der Waals surface area contributed by atoms with Crippen molar-refractivity contribution in [3.05, 3.63) is 23.0 Å². The minimum atomic E-state index is 0.518. The van der Waals surface area contributed by atoms with Crippen LogP contribution >= 0.6 is 11.6 Å². The molecule has 1 aromatic rings. The Morgan fingerprint density at radius 2 is 1.82 bits per heavy atom. The summed E-state index contributed by atoms with van der Waals surface area (Å²) in [4.78, 5) is 6.31. The van der Waals surface area contributed by atoms with Gasteiger partial charge in [0.1, 0.15) is 5.15 Å². The molecule has 0 amide bonds. The van der Waals surface area contributed by atoms with Gasteiger partial charge in [0.25, 0.3) is 0 Å². The third-order valence-electron chi connectivity index (χ3n) is 2.52. The summed E-state index contributed by atoms with van der Waals surface area (Å²) in [5.74, 6) is 0. The number of halogens is 1. The van der Waals surface area contributed by atoms with Crippen LogP contribution in [0.25, 0.3) is 0 Å². The molecule has 0 fully saturated rings. The number of hydrogen-bond donors (Lipinski definition) is 0. The number of anilines is 1. The van der Waals surface area contributed by atoms with Crippen LogP contribution in [0.15, 0.2) is 12.3 Å². The van der Waals surface area contributed by atoms with E-state index in [-0.39, 0.29) is 0 Å². The number of nitrogens with zero attached hydrogens (tertiary/aromatic N) is 2. The highest BCUT2D eigenvalue weighted by Gasteiger charge is 2.09. The third kappa shape index (κ3) is 4.50. The minimum absolute atomic E-state index is 0.518. The van der Waals surface area contributed by atoms with Crippen LogP contribution in [0.4, 0.5) is 5.69 Å². The first kappa shape index (κ1) is 14.2. The van der Waals surface area contributed by atoms with Crippen LogP contribution in [-0.2, 0) is 9.47 Å². The maximum absolute atomic E-state index is 5.85. The SMILES string of the molecule is COCCN(CCOC)c1cnc(Cl)cc1C. The van der Waals surface area contributed by atoms with Crippen molar-refractivity contribution in [3.8, 4) is 0 Å². The lowest BCUT2D eigenvalue weighted by Crippen LogP contribution is -2.31. The number of pyridine rings is 1. The maximum atomic E-state index is 5.85. The molecule has 1 heterocycles. The highest BCUT2D eigenvalue weighted by Crippen LogP contribution is 2.21. The number of aromatic nitrogens is 1. The van der Waals surface area contributed by atoms with E-state index in [0.29, 0.717) is 18.4 Å². The number of ether oxygens (including phenoxy) is 2. The van der Waals surface area contributed by atoms with Crippen LogP contribution < -0.4 is 4.90 Å². The van der Waals surface area contributed by atoms with Gasteiger partial charge in [-0.05, 0) is 18.6 Å². The average molecular weight is 259 g/mol. The maximum Gasteiger partial charge on any atom is 0.129 e. The molecule has 0 aromatic carbocycles. The van der Waals surface area contributed by atoms with Crippen molar-refractivity contribution in [1.29, 1.82) is 0 Å². The van der Waals surface area contributed by atoms with Gasteiger partial charge in [0.05, 0.1) is 25.1 Å². The molecule has 0 bridgehead atoms. The minimum Gasteiger partial charge on any atom is -0.383 e. The molecule has 0 aliphatic rings. The van der Waals surface area contributed by atoms with Gasteiger partial charge in [-0.15, -0.1) is 0 Å². The fourth-order valence-corrected chi connectivity index (χ4v) is 1.81. The summed E-state index contributed by atoms with van der Waals surface area (Å²) >= 11 is 5.85. The molecule has 1 aromatic heterocycles. The molecule has 0 aliphatic carbocycles. The van der Waals surface area contributed by atoms with Gasteiger partial charge in [-0.25, -0.2) is 4.98 Å². The lowest BCUT2D eigenvalue weighted by molar-refractivity contribution is 0.190. The standard InChI is InChI=1S/C12H19ClN2O2/c1-10-8-12(13)14-9-11(10)15(4-6-16-2)5-7-17-3/h8-9H,4-7H2,1-3H3.